The summed E-state index contributed by atoms with van der Waals surface area (Å²) in [6, 6.07) is 0.444. The number of aryl methyl sites for hydroxylation is 1. The van der Waals surface area contributed by atoms with Crippen LogP contribution >= 0.6 is 0 Å². The number of rotatable bonds is 2. The van der Waals surface area contributed by atoms with Crippen molar-refractivity contribution in [2.45, 2.75) is 39.7 Å². The molecule has 1 N–H and O–H groups in total. The molecular weight excluding hydrogens is 164 g/mol. The van der Waals surface area contributed by atoms with Crippen molar-refractivity contribution in [1.82, 2.24) is 9.78 Å². The molecule has 0 aliphatic heterocycles. The summed E-state index contributed by atoms with van der Waals surface area (Å²) < 4.78 is 1.96. The van der Waals surface area contributed by atoms with Gasteiger partial charge in [-0.1, -0.05) is 0 Å². The first-order valence-electron chi connectivity index (χ1n) is 4.86. The molecule has 1 aromatic heterocycles. The van der Waals surface area contributed by atoms with Crippen LogP contribution in [-0.2, 0) is 0 Å². The van der Waals surface area contributed by atoms with Crippen LogP contribution in [0.25, 0.3) is 0 Å². The van der Waals surface area contributed by atoms with E-state index < -0.39 is 0 Å². The zero-order chi connectivity index (χ0) is 9.59. The van der Waals surface area contributed by atoms with Gasteiger partial charge in [0.1, 0.15) is 5.69 Å². The van der Waals surface area contributed by atoms with E-state index in [4.69, 9.17) is 0 Å². The summed E-state index contributed by atoms with van der Waals surface area (Å²) in [5, 5.41) is 13.9. The van der Waals surface area contributed by atoms with Crippen molar-refractivity contribution in [3.05, 3.63) is 11.4 Å². The zero-order valence-corrected chi connectivity index (χ0v) is 8.41. The van der Waals surface area contributed by atoms with Crippen LogP contribution in [0.4, 0.5) is 0 Å². The van der Waals surface area contributed by atoms with E-state index in [9.17, 15) is 5.11 Å². The van der Waals surface area contributed by atoms with E-state index in [0.717, 1.165) is 17.3 Å². The van der Waals surface area contributed by atoms with Crippen LogP contribution < -0.4 is 0 Å². The molecule has 2 rings (SSSR count). The highest BCUT2D eigenvalue weighted by atomic mass is 16.3. The Hall–Kier alpha value is -0.990. The molecule has 1 aliphatic rings. The van der Waals surface area contributed by atoms with Crippen LogP contribution in [-0.4, -0.2) is 14.9 Å². The van der Waals surface area contributed by atoms with Crippen molar-refractivity contribution in [3.8, 4) is 5.75 Å². The number of hydrogen-bond donors (Lipinski definition) is 1. The Morgan fingerprint density at radius 2 is 2.08 bits per heavy atom. The Kier molecular flexibility index (Phi) is 1.82. The van der Waals surface area contributed by atoms with Gasteiger partial charge in [-0.3, -0.25) is 4.68 Å². The first-order chi connectivity index (χ1) is 6.11. The van der Waals surface area contributed by atoms with Crippen LogP contribution in [0.5, 0.6) is 5.75 Å². The fourth-order valence-corrected chi connectivity index (χ4v) is 1.83. The van der Waals surface area contributed by atoms with Gasteiger partial charge in [-0.2, -0.15) is 5.10 Å². The van der Waals surface area contributed by atoms with E-state index >= 15 is 0 Å². The first-order valence-corrected chi connectivity index (χ1v) is 4.86. The van der Waals surface area contributed by atoms with Crippen LogP contribution in [0.3, 0.4) is 0 Å². The molecule has 0 amide bonds. The Morgan fingerprint density at radius 3 is 2.46 bits per heavy atom. The molecule has 1 aliphatic carbocycles. The summed E-state index contributed by atoms with van der Waals surface area (Å²) in [6.45, 7) is 5.95. The molecule has 0 bridgehead atoms. The Morgan fingerprint density at radius 1 is 1.46 bits per heavy atom. The smallest absolute Gasteiger partial charge is 0.159 e. The van der Waals surface area contributed by atoms with Crippen molar-refractivity contribution in [1.29, 1.82) is 0 Å². The van der Waals surface area contributed by atoms with Crippen LogP contribution in [0, 0.1) is 19.8 Å². The van der Waals surface area contributed by atoms with Crippen molar-refractivity contribution in [2.75, 3.05) is 0 Å². The highest BCUT2D eigenvalue weighted by molar-refractivity contribution is 5.30. The second-order valence-electron chi connectivity index (χ2n) is 4.04. The molecule has 1 atom stereocenters. The van der Waals surface area contributed by atoms with Gasteiger partial charge < -0.3 is 5.11 Å². The first kappa shape index (κ1) is 8.60. The predicted octanol–water partition coefficient (Wildman–Crippen LogP) is 2.18. The topological polar surface area (TPSA) is 38.0 Å². The SMILES string of the molecule is Cc1nn(C(C)C2CC2)c(C)c1O. The van der Waals surface area contributed by atoms with E-state index in [-0.39, 0.29) is 0 Å². The third-order valence-corrected chi connectivity index (χ3v) is 2.98. The van der Waals surface area contributed by atoms with Gasteiger partial charge in [-0.25, -0.2) is 0 Å². The number of nitrogens with zero attached hydrogens (tertiary/aromatic N) is 2. The molecule has 3 nitrogen and oxygen atoms in total. The molecule has 0 saturated heterocycles. The molecule has 3 heteroatoms. The van der Waals surface area contributed by atoms with Crippen LogP contribution in [0.15, 0.2) is 0 Å². The van der Waals surface area contributed by atoms with Gasteiger partial charge in [0.05, 0.1) is 11.7 Å². The van der Waals surface area contributed by atoms with E-state index in [1.807, 2.05) is 18.5 Å². The van der Waals surface area contributed by atoms with Gasteiger partial charge in [-0.05, 0) is 39.5 Å². The molecule has 13 heavy (non-hydrogen) atoms. The molecule has 72 valence electrons. The third kappa shape index (κ3) is 1.32. The van der Waals surface area contributed by atoms with E-state index in [2.05, 4.69) is 12.0 Å². The molecule has 1 aromatic rings. The van der Waals surface area contributed by atoms with Gasteiger partial charge >= 0.3 is 0 Å². The molecule has 1 fully saturated rings. The summed E-state index contributed by atoms with van der Waals surface area (Å²) in [4.78, 5) is 0. The summed E-state index contributed by atoms with van der Waals surface area (Å²) in [6.07, 6.45) is 2.61. The Labute approximate surface area is 78.4 Å². The quantitative estimate of drug-likeness (QED) is 0.757. The van der Waals surface area contributed by atoms with Crippen LogP contribution in [0.2, 0.25) is 0 Å². The molecule has 0 spiro atoms. The fourth-order valence-electron chi connectivity index (χ4n) is 1.83. The molecule has 1 saturated carbocycles. The lowest BCUT2D eigenvalue weighted by Crippen LogP contribution is -2.10. The Balaban J connectivity index is 2.33. The molecular formula is C10H16N2O. The standard InChI is InChI=1S/C10H16N2O/c1-6-10(13)8(3)12(11-6)7(2)9-4-5-9/h7,9,13H,4-5H2,1-3H3. The van der Waals surface area contributed by atoms with Crippen molar-refractivity contribution in [2.24, 2.45) is 5.92 Å². The van der Waals surface area contributed by atoms with Crippen LogP contribution in [0.1, 0.15) is 37.2 Å². The highest BCUT2D eigenvalue weighted by Crippen LogP contribution is 2.40. The maximum absolute atomic E-state index is 9.59. The second kappa shape index (κ2) is 2.76. The minimum Gasteiger partial charge on any atom is -0.504 e. The average Bonchev–Trinajstić information content (AvgIpc) is 2.89. The lowest BCUT2D eigenvalue weighted by Gasteiger charge is -2.12. The monoisotopic (exact) mass is 180 g/mol. The highest BCUT2D eigenvalue weighted by Gasteiger charge is 2.31. The molecule has 0 aromatic carbocycles. The summed E-state index contributed by atoms with van der Waals surface area (Å²) in [5.74, 6) is 1.13. The summed E-state index contributed by atoms with van der Waals surface area (Å²) in [7, 11) is 0. The number of aromatic hydroxyl groups is 1. The van der Waals surface area contributed by atoms with Crippen molar-refractivity contribution < 1.29 is 5.11 Å². The van der Waals surface area contributed by atoms with Crippen molar-refractivity contribution in [3.63, 3.8) is 0 Å². The lowest BCUT2D eigenvalue weighted by molar-refractivity contribution is 0.421. The Bertz CT molecular complexity index is 326. The van der Waals surface area contributed by atoms with E-state index in [1.165, 1.54) is 12.8 Å². The molecule has 0 radical (unpaired) electrons. The third-order valence-electron chi connectivity index (χ3n) is 2.98. The maximum Gasteiger partial charge on any atom is 0.159 e. The fraction of sp³-hybridized carbons (Fsp3) is 0.700. The minimum absolute atomic E-state index is 0.354. The minimum atomic E-state index is 0.354. The van der Waals surface area contributed by atoms with E-state index in [1.54, 1.807) is 0 Å². The van der Waals surface area contributed by atoms with Gasteiger partial charge in [0.15, 0.2) is 5.75 Å². The predicted molar refractivity (Wildman–Crippen MR) is 50.8 cm³/mol. The maximum atomic E-state index is 9.59. The normalized spacial score (nSPS) is 19.0. The zero-order valence-electron chi connectivity index (χ0n) is 8.41. The van der Waals surface area contributed by atoms with Crippen molar-refractivity contribution >= 4 is 0 Å². The molecule has 1 unspecified atom stereocenters. The number of hydrogen-bond acceptors (Lipinski definition) is 2. The van der Waals surface area contributed by atoms with Gasteiger partial charge in [0.25, 0.3) is 0 Å². The van der Waals surface area contributed by atoms with Gasteiger partial charge in [0, 0.05) is 0 Å². The summed E-state index contributed by atoms with van der Waals surface area (Å²) in [5.41, 5.74) is 1.64. The van der Waals surface area contributed by atoms with E-state index in [0.29, 0.717) is 11.8 Å². The van der Waals surface area contributed by atoms with Gasteiger partial charge in [-0.15, -0.1) is 0 Å². The number of aromatic nitrogens is 2. The van der Waals surface area contributed by atoms with Gasteiger partial charge in [0.2, 0.25) is 0 Å². The lowest BCUT2D eigenvalue weighted by atomic mass is 10.2. The second-order valence-corrected chi connectivity index (χ2v) is 4.04. The summed E-state index contributed by atoms with van der Waals surface area (Å²) >= 11 is 0. The molecule has 1 heterocycles. The largest absolute Gasteiger partial charge is 0.504 e. The average molecular weight is 180 g/mol.